The highest BCUT2D eigenvalue weighted by Crippen LogP contribution is 2.19. The molecule has 7 heteroatoms. The molecule has 0 aliphatic heterocycles. The van der Waals surface area contributed by atoms with E-state index in [4.69, 9.17) is 5.21 Å². The van der Waals surface area contributed by atoms with Crippen LogP contribution >= 0.6 is 0 Å². The summed E-state index contributed by atoms with van der Waals surface area (Å²) >= 11 is 0. The number of hydrogen-bond acceptors (Lipinski definition) is 4. The Hall–Kier alpha value is -1.96. The third-order valence-electron chi connectivity index (χ3n) is 3.46. The van der Waals surface area contributed by atoms with Crippen molar-refractivity contribution in [3.05, 3.63) is 42.5 Å². The molecule has 0 saturated carbocycles. The largest absolute Gasteiger partial charge is 0.289 e. The Bertz CT molecular complexity index is 803. The predicted octanol–water partition coefficient (Wildman–Crippen LogP) is 2.04. The van der Waals surface area contributed by atoms with Crippen LogP contribution in [0.2, 0.25) is 0 Å². The molecule has 0 radical (unpaired) electrons. The van der Waals surface area contributed by atoms with Gasteiger partial charge >= 0.3 is 0 Å². The van der Waals surface area contributed by atoms with E-state index in [0.29, 0.717) is 0 Å². The topological polar surface area (TPSA) is 95.5 Å². The monoisotopic (exact) mass is 336 g/mol. The molecular formula is C16H20N2O4S. The van der Waals surface area contributed by atoms with Gasteiger partial charge < -0.3 is 0 Å². The molecule has 2 aromatic carbocycles. The van der Waals surface area contributed by atoms with Gasteiger partial charge in [0.15, 0.2) is 0 Å². The average molecular weight is 336 g/mol. The Morgan fingerprint density at radius 2 is 1.78 bits per heavy atom. The van der Waals surface area contributed by atoms with Gasteiger partial charge in [0.25, 0.3) is 5.91 Å². The van der Waals surface area contributed by atoms with E-state index >= 15 is 0 Å². The molecule has 0 aromatic heterocycles. The van der Waals surface area contributed by atoms with Crippen molar-refractivity contribution in [2.24, 2.45) is 5.92 Å². The van der Waals surface area contributed by atoms with Crippen LogP contribution in [0, 0.1) is 5.92 Å². The summed E-state index contributed by atoms with van der Waals surface area (Å²) in [5.41, 5.74) is 1.51. The summed E-state index contributed by atoms with van der Waals surface area (Å²) in [6.45, 7) is 3.73. The van der Waals surface area contributed by atoms with Crippen molar-refractivity contribution < 1.29 is 18.4 Å². The van der Waals surface area contributed by atoms with Crippen LogP contribution in [0.1, 0.15) is 20.3 Å². The first-order chi connectivity index (χ1) is 10.8. The number of nitrogens with one attached hydrogen (secondary N) is 2. The van der Waals surface area contributed by atoms with Crippen molar-refractivity contribution >= 4 is 26.7 Å². The van der Waals surface area contributed by atoms with Crippen LogP contribution in [0.15, 0.2) is 47.4 Å². The van der Waals surface area contributed by atoms with Crippen LogP contribution in [0.5, 0.6) is 0 Å². The second kappa shape index (κ2) is 7.08. The molecular weight excluding hydrogens is 316 g/mol. The van der Waals surface area contributed by atoms with Crippen LogP contribution in [0.25, 0.3) is 10.8 Å². The van der Waals surface area contributed by atoms with Gasteiger partial charge in [-0.1, -0.05) is 44.2 Å². The van der Waals surface area contributed by atoms with Gasteiger partial charge in [-0.15, -0.1) is 0 Å². The number of amides is 1. The summed E-state index contributed by atoms with van der Waals surface area (Å²) in [5, 5.41) is 10.5. The third-order valence-corrected chi connectivity index (χ3v) is 4.93. The fourth-order valence-corrected chi connectivity index (χ4v) is 3.59. The number of hydrogen-bond donors (Lipinski definition) is 3. The molecule has 2 aromatic rings. The standard InChI is InChI=1S/C16H20N2O4S/c1-11(2)9-15(16(19)17-20)18-23(21,22)14-8-7-12-5-3-4-6-13(12)10-14/h3-8,10-11,15,18,20H,9H2,1-2H3,(H,17,19)/t15-/m1/s1. The maximum atomic E-state index is 12.5. The maximum Gasteiger partial charge on any atom is 0.261 e. The first-order valence-corrected chi connectivity index (χ1v) is 8.77. The van der Waals surface area contributed by atoms with E-state index in [1.54, 1.807) is 12.1 Å². The summed E-state index contributed by atoms with van der Waals surface area (Å²) in [6, 6.07) is 11.1. The zero-order valence-electron chi connectivity index (χ0n) is 13.0. The quantitative estimate of drug-likeness (QED) is 0.556. The van der Waals surface area contributed by atoms with Crippen LogP contribution in [-0.2, 0) is 14.8 Å². The van der Waals surface area contributed by atoms with Crippen LogP contribution in [0.4, 0.5) is 0 Å². The Kier molecular flexibility index (Phi) is 5.35. The van der Waals surface area contributed by atoms with Gasteiger partial charge in [0.1, 0.15) is 6.04 Å². The van der Waals surface area contributed by atoms with E-state index in [1.807, 2.05) is 38.1 Å². The van der Waals surface area contributed by atoms with Gasteiger partial charge in [0, 0.05) is 0 Å². The lowest BCUT2D eigenvalue weighted by Gasteiger charge is -2.18. The normalized spacial score (nSPS) is 13.2. The minimum absolute atomic E-state index is 0.0793. The molecule has 0 unspecified atom stereocenters. The lowest BCUT2D eigenvalue weighted by Crippen LogP contribution is -2.46. The summed E-state index contributed by atoms with van der Waals surface area (Å²) in [7, 11) is -3.87. The Balaban J connectivity index is 2.32. The van der Waals surface area contributed by atoms with Crippen molar-refractivity contribution in [1.29, 1.82) is 0 Å². The van der Waals surface area contributed by atoms with E-state index in [0.717, 1.165) is 10.8 Å². The number of carbonyl (C=O) groups excluding carboxylic acids is 1. The highest BCUT2D eigenvalue weighted by Gasteiger charge is 2.26. The van der Waals surface area contributed by atoms with Crippen LogP contribution in [0.3, 0.4) is 0 Å². The average Bonchev–Trinajstić information content (AvgIpc) is 2.52. The zero-order chi connectivity index (χ0) is 17.0. The predicted molar refractivity (Wildman–Crippen MR) is 87.4 cm³/mol. The molecule has 1 atom stereocenters. The van der Waals surface area contributed by atoms with E-state index in [9.17, 15) is 13.2 Å². The van der Waals surface area contributed by atoms with E-state index in [1.165, 1.54) is 11.5 Å². The number of carbonyl (C=O) groups is 1. The molecule has 0 heterocycles. The number of rotatable bonds is 6. The third kappa shape index (κ3) is 4.28. The summed E-state index contributed by atoms with van der Waals surface area (Å²) in [6.07, 6.45) is 0.277. The molecule has 0 bridgehead atoms. The molecule has 2 rings (SSSR count). The van der Waals surface area contributed by atoms with E-state index in [-0.39, 0.29) is 17.2 Å². The molecule has 0 saturated heterocycles. The van der Waals surface area contributed by atoms with Crippen molar-refractivity contribution in [3.63, 3.8) is 0 Å². The highest BCUT2D eigenvalue weighted by molar-refractivity contribution is 7.89. The Morgan fingerprint density at radius 1 is 1.13 bits per heavy atom. The number of fused-ring (bicyclic) bond motifs is 1. The minimum Gasteiger partial charge on any atom is -0.289 e. The minimum atomic E-state index is -3.87. The van der Waals surface area contributed by atoms with Gasteiger partial charge in [-0.05, 0) is 35.2 Å². The van der Waals surface area contributed by atoms with Crippen molar-refractivity contribution in [2.45, 2.75) is 31.2 Å². The Labute approximate surface area is 135 Å². The Morgan fingerprint density at radius 3 is 2.39 bits per heavy atom. The molecule has 3 N–H and O–H groups in total. The molecule has 0 fully saturated rings. The van der Waals surface area contributed by atoms with Crippen molar-refractivity contribution in [2.75, 3.05) is 0 Å². The summed E-state index contributed by atoms with van der Waals surface area (Å²) in [5.74, 6) is -0.695. The second-order valence-corrected chi connectivity index (χ2v) is 7.50. The molecule has 23 heavy (non-hydrogen) atoms. The van der Waals surface area contributed by atoms with Gasteiger partial charge in [-0.2, -0.15) is 4.72 Å². The molecule has 124 valence electrons. The van der Waals surface area contributed by atoms with Gasteiger partial charge in [0.05, 0.1) is 4.90 Å². The molecule has 1 amide bonds. The number of benzene rings is 2. The van der Waals surface area contributed by atoms with Crippen molar-refractivity contribution in [3.8, 4) is 0 Å². The summed E-state index contributed by atoms with van der Waals surface area (Å²) in [4.78, 5) is 11.8. The molecule has 0 spiro atoms. The molecule has 0 aliphatic carbocycles. The first kappa shape index (κ1) is 17.4. The first-order valence-electron chi connectivity index (χ1n) is 7.28. The molecule has 6 nitrogen and oxygen atoms in total. The van der Waals surface area contributed by atoms with E-state index in [2.05, 4.69) is 4.72 Å². The number of hydroxylamine groups is 1. The SMILES string of the molecule is CC(C)C[C@@H](NS(=O)(=O)c1ccc2ccccc2c1)C(=O)NO. The second-order valence-electron chi connectivity index (χ2n) is 5.79. The summed E-state index contributed by atoms with van der Waals surface area (Å²) < 4.78 is 27.4. The van der Waals surface area contributed by atoms with Crippen LogP contribution < -0.4 is 10.2 Å². The fourth-order valence-electron chi connectivity index (χ4n) is 2.35. The molecule has 0 aliphatic rings. The zero-order valence-corrected chi connectivity index (χ0v) is 13.8. The van der Waals surface area contributed by atoms with Gasteiger partial charge in [-0.25, -0.2) is 13.9 Å². The smallest absolute Gasteiger partial charge is 0.261 e. The van der Waals surface area contributed by atoms with E-state index < -0.39 is 22.0 Å². The van der Waals surface area contributed by atoms with Gasteiger partial charge in [0.2, 0.25) is 10.0 Å². The van der Waals surface area contributed by atoms with Crippen molar-refractivity contribution in [1.82, 2.24) is 10.2 Å². The lowest BCUT2D eigenvalue weighted by atomic mass is 10.0. The maximum absolute atomic E-state index is 12.5. The lowest BCUT2D eigenvalue weighted by molar-refractivity contribution is -0.131. The number of sulfonamides is 1. The van der Waals surface area contributed by atoms with Gasteiger partial charge in [-0.3, -0.25) is 10.0 Å². The fraction of sp³-hybridized carbons (Fsp3) is 0.312. The van der Waals surface area contributed by atoms with Crippen LogP contribution in [-0.4, -0.2) is 25.6 Å². The highest BCUT2D eigenvalue weighted by atomic mass is 32.2.